The van der Waals surface area contributed by atoms with Crippen LogP contribution in [-0.4, -0.2) is 38.4 Å². The molecule has 0 aliphatic rings. The normalized spacial score (nSPS) is 11.2. The van der Waals surface area contributed by atoms with Gasteiger partial charge in [-0.2, -0.15) is 0 Å². The largest absolute Gasteiger partial charge is 0.493 e. The van der Waals surface area contributed by atoms with Crippen LogP contribution in [0.2, 0.25) is 0 Å². The van der Waals surface area contributed by atoms with Crippen molar-refractivity contribution in [2.24, 2.45) is 0 Å². The summed E-state index contributed by atoms with van der Waals surface area (Å²) >= 11 is 0. The second-order valence-electron chi connectivity index (χ2n) is 6.38. The Morgan fingerprint density at radius 1 is 0.750 bits per heavy atom. The van der Waals surface area contributed by atoms with Crippen molar-refractivity contribution in [2.75, 3.05) is 28.4 Å². The van der Waals surface area contributed by atoms with Gasteiger partial charge in [0.25, 0.3) is 5.56 Å². The van der Waals surface area contributed by atoms with Crippen molar-refractivity contribution >= 4 is 32.6 Å². The molecule has 28 heavy (non-hydrogen) atoms. The number of aromatic amines is 1. The smallest absolute Gasteiger partial charge is 0.258 e. The molecule has 4 aromatic rings. The predicted molar refractivity (Wildman–Crippen MR) is 108 cm³/mol. The Kier molecular flexibility index (Phi) is 4.22. The summed E-state index contributed by atoms with van der Waals surface area (Å²) in [6.45, 7) is 1.82. The summed E-state index contributed by atoms with van der Waals surface area (Å²) in [5.41, 5.74) is 1.78. The van der Waals surface area contributed by atoms with Crippen LogP contribution in [0.25, 0.3) is 32.6 Å². The maximum absolute atomic E-state index is 12.9. The monoisotopic (exact) mass is 380 g/mol. The number of fused-ring (bicyclic) bond motifs is 5. The number of pyridine rings is 2. The zero-order valence-corrected chi connectivity index (χ0v) is 16.3. The molecule has 0 amide bonds. The maximum Gasteiger partial charge on any atom is 0.258 e. The highest BCUT2D eigenvalue weighted by Gasteiger charge is 2.18. The molecule has 0 saturated carbocycles. The fourth-order valence-electron chi connectivity index (χ4n) is 3.64. The van der Waals surface area contributed by atoms with Gasteiger partial charge in [-0.15, -0.1) is 0 Å². The van der Waals surface area contributed by atoms with E-state index in [1.54, 1.807) is 34.5 Å². The van der Waals surface area contributed by atoms with Crippen LogP contribution in [0.4, 0.5) is 0 Å². The third kappa shape index (κ3) is 2.51. The fourth-order valence-corrected chi connectivity index (χ4v) is 3.64. The van der Waals surface area contributed by atoms with Crippen molar-refractivity contribution in [1.29, 1.82) is 0 Å². The first-order chi connectivity index (χ1) is 13.5. The molecule has 0 aliphatic carbocycles. The molecular weight excluding hydrogens is 360 g/mol. The topological polar surface area (TPSA) is 82.7 Å². The van der Waals surface area contributed by atoms with E-state index in [0.717, 1.165) is 16.2 Å². The standard InChI is InChI=1S/C21H20N2O5/c1-10-19-20(11-6-15(25-2)17(27-4)8-13(11)22-10)12-7-16(26-3)18(28-5)9-14(12)23-21(19)24/h6-9H,1-5H3,(H,23,24). The van der Waals surface area contributed by atoms with E-state index in [9.17, 15) is 4.79 Å². The Labute approximate surface area is 160 Å². The SMILES string of the molecule is COc1cc2nc(C)c3c(=O)[nH]c4cc(OC)c(OC)cc4c3c2cc1OC. The van der Waals surface area contributed by atoms with E-state index in [-0.39, 0.29) is 5.56 Å². The van der Waals surface area contributed by atoms with E-state index in [1.807, 2.05) is 25.1 Å². The lowest BCUT2D eigenvalue weighted by Crippen LogP contribution is -2.10. The molecule has 144 valence electrons. The van der Waals surface area contributed by atoms with E-state index in [2.05, 4.69) is 9.97 Å². The summed E-state index contributed by atoms with van der Waals surface area (Å²) in [4.78, 5) is 20.4. The van der Waals surface area contributed by atoms with Gasteiger partial charge in [-0.25, -0.2) is 0 Å². The Balaban J connectivity index is 2.29. The Hall–Kier alpha value is -3.48. The summed E-state index contributed by atoms with van der Waals surface area (Å²) in [5, 5.41) is 2.93. The molecule has 0 saturated heterocycles. The van der Waals surface area contributed by atoms with E-state index < -0.39 is 0 Å². The minimum absolute atomic E-state index is 0.212. The van der Waals surface area contributed by atoms with Gasteiger partial charge in [0.2, 0.25) is 0 Å². The number of methoxy groups -OCH3 is 4. The highest BCUT2D eigenvalue weighted by Crippen LogP contribution is 2.39. The Bertz CT molecular complexity index is 1270. The summed E-state index contributed by atoms with van der Waals surface area (Å²) in [6, 6.07) is 7.28. The Morgan fingerprint density at radius 2 is 1.29 bits per heavy atom. The molecular formula is C21H20N2O5. The lowest BCUT2D eigenvalue weighted by Gasteiger charge is -2.14. The van der Waals surface area contributed by atoms with Crippen LogP contribution in [-0.2, 0) is 0 Å². The lowest BCUT2D eigenvalue weighted by molar-refractivity contribution is 0.355. The van der Waals surface area contributed by atoms with Crippen molar-refractivity contribution in [2.45, 2.75) is 6.92 Å². The summed E-state index contributed by atoms with van der Waals surface area (Å²) in [7, 11) is 6.29. The van der Waals surface area contributed by atoms with Gasteiger partial charge >= 0.3 is 0 Å². The zero-order chi connectivity index (χ0) is 20.0. The van der Waals surface area contributed by atoms with Crippen LogP contribution in [0.1, 0.15) is 5.69 Å². The first-order valence-electron chi connectivity index (χ1n) is 8.66. The molecule has 4 rings (SSSR count). The van der Waals surface area contributed by atoms with E-state index in [0.29, 0.717) is 45.1 Å². The molecule has 7 heteroatoms. The molecule has 2 aromatic carbocycles. The molecule has 0 radical (unpaired) electrons. The van der Waals surface area contributed by atoms with Gasteiger partial charge in [-0.1, -0.05) is 0 Å². The first kappa shape index (κ1) is 17.9. The number of H-pyrrole nitrogens is 1. The van der Waals surface area contributed by atoms with Crippen LogP contribution in [0.15, 0.2) is 29.1 Å². The fraction of sp³-hybridized carbons (Fsp3) is 0.238. The number of hydrogen-bond acceptors (Lipinski definition) is 6. The Morgan fingerprint density at radius 3 is 1.89 bits per heavy atom. The van der Waals surface area contributed by atoms with Crippen LogP contribution < -0.4 is 24.5 Å². The minimum Gasteiger partial charge on any atom is -0.493 e. The first-order valence-corrected chi connectivity index (χ1v) is 8.66. The van der Waals surface area contributed by atoms with Gasteiger partial charge in [-0.05, 0) is 19.1 Å². The average Bonchev–Trinajstić information content (AvgIpc) is 2.71. The van der Waals surface area contributed by atoms with Crippen molar-refractivity contribution in [3.63, 3.8) is 0 Å². The lowest BCUT2D eigenvalue weighted by atomic mass is 10.00. The highest BCUT2D eigenvalue weighted by atomic mass is 16.5. The zero-order valence-electron chi connectivity index (χ0n) is 16.3. The van der Waals surface area contributed by atoms with Crippen LogP contribution >= 0.6 is 0 Å². The molecule has 0 fully saturated rings. The van der Waals surface area contributed by atoms with Gasteiger partial charge in [0.05, 0.1) is 50.6 Å². The number of ether oxygens (including phenoxy) is 4. The third-order valence-electron chi connectivity index (χ3n) is 4.94. The van der Waals surface area contributed by atoms with Crippen molar-refractivity contribution in [3.05, 3.63) is 40.3 Å². The van der Waals surface area contributed by atoms with Gasteiger partial charge in [0, 0.05) is 28.3 Å². The van der Waals surface area contributed by atoms with E-state index >= 15 is 0 Å². The van der Waals surface area contributed by atoms with Gasteiger partial charge in [0.1, 0.15) is 0 Å². The molecule has 0 atom stereocenters. The highest BCUT2D eigenvalue weighted by molar-refractivity contribution is 6.19. The van der Waals surface area contributed by atoms with E-state index in [1.165, 1.54) is 0 Å². The molecule has 0 aliphatic heterocycles. The van der Waals surface area contributed by atoms with Gasteiger partial charge < -0.3 is 23.9 Å². The van der Waals surface area contributed by atoms with Gasteiger partial charge in [-0.3, -0.25) is 9.78 Å². The average molecular weight is 380 g/mol. The van der Waals surface area contributed by atoms with E-state index in [4.69, 9.17) is 18.9 Å². The van der Waals surface area contributed by atoms with Crippen LogP contribution in [0.3, 0.4) is 0 Å². The number of hydrogen-bond donors (Lipinski definition) is 1. The van der Waals surface area contributed by atoms with Crippen LogP contribution in [0, 0.1) is 6.92 Å². The molecule has 2 heterocycles. The predicted octanol–water partition coefficient (Wildman–Crippen LogP) is 3.57. The molecule has 0 unspecified atom stereocenters. The molecule has 0 spiro atoms. The number of rotatable bonds is 4. The third-order valence-corrected chi connectivity index (χ3v) is 4.94. The summed E-state index contributed by atoms with van der Waals surface area (Å²) in [6.07, 6.45) is 0. The van der Waals surface area contributed by atoms with Crippen molar-refractivity contribution in [3.8, 4) is 23.0 Å². The molecule has 1 N–H and O–H groups in total. The maximum atomic E-state index is 12.9. The molecule has 0 bridgehead atoms. The van der Waals surface area contributed by atoms with Crippen molar-refractivity contribution in [1.82, 2.24) is 9.97 Å². The number of benzene rings is 2. The van der Waals surface area contributed by atoms with Crippen LogP contribution in [0.5, 0.6) is 23.0 Å². The second kappa shape index (κ2) is 6.60. The minimum atomic E-state index is -0.212. The molecule has 7 nitrogen and oxygen atoms in total. The summed E-state index contributed by atoms with van der Waals surface area (Å²) in [5.74, 6) is 2.26. The number of nitrogens with zero attached hydrogens (tertiary/aromatic N) is 1. The summed E-state index contributed by atoms with van der Waals surface area (Å²) < 4.78 is 21.7. The number of nitrogens with one attached hydrogen (secondary N) is 1. The van der Waals surface area contributed by atoms with Gasteiger partial charge in [0.15, 0.2) is 23.0 Å². The number of aromatic nitrogens is 2. The number of aryl methyl sites for hydroxylation is 1. The quantitative estimate of drug-likeness (QED) is 0.545. The second-order valence-corrected chi connectivity index (χ2v) is 6.38. The molecule has 2 aromatic heterocycles. The van der Waals surface area contributed by atoms with Crippen molar-refractivity contribution < 1.29 is 18.9 Å².